The van der Waals surface area contributed by atoms with Gasteiger partial charge in [-0.25, -0.2) is 4.79 Å². The molecule has 1 N–H and O–H groups in total. The average molecular weight is 185 g/mol. The fourth-order valence-electron chi connectivity index (χ4n) is 0.760. The molecule has 1 fully saturated rings. The number of hydrogen-bond acceptors (Lipinski definition) is 3. The van der Waals surface area contributed by atoms with Gasteiger partial charge in [0.05, 0.1) is 13.2 Å². The highest BCUT2D eigenvalue weighted by atomic mass is 16.5. The van der Waals surface area contributed by atoms with Crippen LogP contribution < -0.4 is 0 Å². The Labute approximate surface area is 78.1 Å². The molecule has 0 radical (unpaired) electrons. The van der Waals surface area contributed by atoms with Crippen LogP contribution in [0.3, 0.4) is 0 Å². The molecule has 0 saturated carbocycles. The van der Waals surface area contributed by atoms with Crippen molar-refractivity contribution >= 4 is 5.97 Å². The largest absolute Gasteiger partial charge is 0.478 e. The normalized spacial score (nSPS) is 15.2. The summed E-state index contributed by atoms with van der Waals surface area (Å²) in [5.74, 6) is -0.981. The zero-order chi connectivity index (χ0) is 10.1. The molecule has 4 nitrogen and oxygen atoms in total. The van der Waals surface area contributed by atoms with Gasteiger partial charge in [0.2, 0.25) is 0 Å². The van der Waals surface area contributed by atoms with Crippen LogP contribution >= 0.6 is 0 Å². The van der Waals surface area contributed by atoms with E-state index in [2.05, 4.69) is 18.1 Å². The summed E-state index contributed by atoms with van der Waals surface area (Å²) in [5.41, 5.74) is 0. The van der Waals surface area contributed by atoms with Gasteiger partial charge in [0.15, 0.2) is 0 Å². The first-order chi connectivity index (χ1) is 6.20. The van der Waals surface area contributed by atoms with Gasteiger partial charge < -0.3 is 14.7 Å². The highest BCUT2D eigenvalue weighted by Crippen LogP contribution is 1.94. The van der Waals surface area contributed by atoms with E-state index in [1.54, 1.807) is 0 Å². The summed E-state index contributed by atoms with van der Waals surface area (Å²) in [5, 5.41) is 7.60. The molecule has 0 aromatic rings. The summed E-state index contributed by atoms with van der Waals surface area (Å²) in [6.07, 6.45) is 2.70. The second-order valence-electron chi connectivity index (χ2n) is 2.37. The van der Waals surface area contributed by atoms with E-state index < -0.39 is 5.97 Å². The van der Waals surface area contributed by atoms with Gasteiger partial charge in [-0.2, -0.15) is 0 Å². The average Bonchev–Trinajstić information content (AvgIpc) is 2.20. The van der Waals surface area contributed by atoms with Crippen LogP contribution in [0, 0.1) is 0 Å². The maximum absolute atomic E-state index is 9.25. The van der Waals surface area contributed by atoms with Gasteiger partial charge in [-0.1, -0.05) is 13.2 Å². The summed E-state index contributed by atoms with van der Waals surface area (Å²) in [6, 6.07) is 0. The second kappa shape index (κ2) is 7.36. The standard InChI is InChI=1S/C6H11NO.C3H4O2/c1-2-7-3-5-8-6-4-7;1-2-3(4)5/h2H,1,3-6H2;2H,1H2,(H,4,5). The summed E-state index contributed by atoms with van der Waals surface area (Å²) >= 11 is 0. The molecule has 0 spiro atoms. The van der Waals surface area contributed by atoms with E-state index >= 15 is 0 Å². The van der Waals surface area contributed by atoms with Crippen LogP contribution in [0.4, 0.5) is 0 Å². The third kappa shape index (κ3) is 7.08. The second-order valence-corrected chi connectivity index (χ2v) is 2.37. The van der Waals surface area contributed by atoms with Crippen molar-refractivity contribution in [2.75, 3.05) is 26.3 Å². The van der Waals surface area contributed by atoms with Gasteiger partial charge in [0, 0.05) is 19.2 Å². The molecule has 0 aromatic carbocycles. The number of rotatable bonds is 2. The number of carboxylic acids is 1. The van der Waals surface area contributed by atoms with Crippen molar-refractivity contribution in [2.45, 2.75) is 0 Å². The molecule has 1 saturated heterocycles. The number of carbonyl (C=O) groups is 1. The van der Waals surface area contributed by atoms with Crippen LogP contribution in [0.2, 0.25) is 0 Å². The van der Waals surface area contributed by atoms with Crippen molar-refractivity contribution in [2.24, 2.45) is 0 Å². The van der Waals surface area contributed by atoms with Gasteiger partial charge in [0.25, 0.3) is 0 Å². The first-order valence-corrected chi connectivity index (χ1v) is 4.00. The van der Waals surface area contributed by atoms with E-state index in [1.165, 1.54) is 0 Å². The predicted octanol–water partition coefficient (Wildman–Crippen LogP) is 0.719. The van der Waals surface area contributed by atoms with Crippen LogP contribution in [0.25, 0.3) is 0 Å². The first kappa shape index (κ1) is 11.7. The van der Waals surface area contributed by atoms with Gasteiger partial charge >= 0.3 is 5.97 Å². The minimum Gasteiger partial charge on any atom is -0.478 e. The Kier molecular flexibility index (Phi) is 6.63. The van der Waals surface area contributed by atoms with Crippen molar-refractivity contribution in [3.8, 4) is 0 Å². The highest BCUT2D eigenvalue weighted by molar-refractivity contribution is 5.78. The minimum absolute atomic E-state index is 0.833. The molecule has 0 bridgehead atoms. The molecule has 1 heterocycles. The zero-order valence-corrected chi connectivity index (χ0v) is 7.61. The molecular weight excluding hydrogens is 170 g/mol. The lowest BCUT2D eigenvalue weighted by Crippen LogP contribution is -2.31. The smallest absolute Gasteiger partial charge is 0.327 e. The number of morpholine rings is 1. The van der Waals surface area contributed by atoms with E-state index in [1.807, 2.05) is 6.20 Å². The van der Waals surface area contributed by atoms with Crippen LogP contribution in [0.1, 0.15) is 0 Å². The quantitative estimate of drug-likeness (QED) is 0.644. The fourth-order valence-corrected chi connectivity index (χ4v) is 0.760. The van der Waals surface area contributed by atoms with Crippen molar-refractivity contribution in [1.82, 2.24) is 4.90 Å². The SMILES string of the molecule is C=CC(=O)O.C=CN1CCOCC1. The number of ether oxygens (including phenoxy) is 1. The lowest BCUT2D eigenvalue weighted by Gasteiger charge is -2.24. The molecule has 0 aromatic heterocycles. The van der Waals surface area contributed by atoms with Crippen molar-refractivity contribution < 1.29 is 14.6 Å². The van der Waals surface area contributed by atoms with Gasteiger partial charge in [0.1, 0.15) is 0 Å². The molecule has 74 valence electrons. The third-order valence-corrected chi connectivity index (χ3v) is 1.48. The first-order valence-electron chi connectivity index (χ1n) is 4.00. The van der Waals surface area contributed by atoms with Crippen LogP contribution in [-0.2, 0) is 9.53 Å². The number of carboxylic acid groups (broad SMARTS) is 1. The fraction of sp³-hybridized carbons (Fsp3) is 0.444. The zero-order valence-electron chi connectivity index (χ0n) is 7.61. The maximum Gasteiger partial charge on any atom is 0.327 e. The summed E-state index contributed by atoms with van der Waals surface area (Å²) in [4.78, 5) is 11.4. The Morgan fingerprint density at radius 2 is 1.85 bits per heavy atom. The molecule has 0 aliphatic carbocycles. The number of aliphatic carboxylic acids is 1. The van der Waals surface area contributed by atoms with Crippen molar-refractivity contribution in [3.63, 3.8) is 0 Å². The summed E-state index contributed by atoms with van der Waals surface area (Å²) in [6.45, 7) is 10.3. The van der Waals surface area contributed by atoms with Gasteiger partial charge in [-0.15, -0.1) is 0 Å². The Morgan fingerprint density at radius 3 is 2.08 bits per heavy atom. The maximum atomic E-state index is 9.25. The van der Waals surface area contributed by atoms with E-state index in [4.69, 9.17) is 9.84 Å². The molecule has 1 aliphatic heterocycles. The van der Waals surface area contributed by atoms with Gasteiger partial charge in [-0.05, 0) is 6.20 Å². The van der Waals surface area contributed by atoms with Crippen molar-refractivity contribution in [1.29, 1.82) is 0 Å². The topological polar surface area (TPSA) is 49.8 Å². The Balaban J connectivity index is 0.000000252. The minimum atomic E-state index is -0.981. The molecule has 1 aliphatic rings. The summed E-state index contributed by atoms with van der Waals surface area (Å²) < 4.78 is 5.11. The van der Waals surface area contributed by atoms with E-state index in [-0.39, 0.29) is 0 Å². The lowest BCUT2D eigenvalue weighted by molar-refractivity contribution is -0.131. The Morgan fingerprint density at radius 1 is 1.38 bits per heavy atom. The monoisotopic (exact) mass is 185 g/mol. The highest BCUT2D eigenvalue weighted by Gasteiger charge is 2.03. The number of hydrogen-bond donors (Lipinski definition) is 1. The Bertz CT molecular complexity index is 174. The number of nitrogens with zero attached hydrogens (tertiary/aromatic N) is 1. The van der Waals surface area contributed by atoms with Crippen LogP contribution in [0.15, 0.2) is 25.4 Å². The molecule has 13 heavy (non-hydrogen) atoms. The van der Waals surface area contributed by atoms with E-state index in [0.29, 0.717) is 0 Å². The van der Waals surface area contributed by atoms with E-state index in [9.17, 15) is 4.79 Å². The molecule has 1 rings (SSSR count). The molecule has 4 heteroatoms. The Hall–Kier alpha value is -1.29. The molecule has 0 unspecified atom stereocenters. The van der Waals surface area contributed by atoms with Crippen LogP contribution in [0.5, 0.6) is 0 Å². The molecular formula is C9H15NO3. The van der Waals surface area contributed by atoms with Gasteiger partial charge in [-0.3, -0.25) is 0 Å². The third-order valence-electron chi connectivity index (χ3n) is 1.48. The predicted molar refractivity (Wildman–Crippen MR) is 50.4 cm³/mol. The molecule has 0 amide bonds. The van der Waals surface area contributed by atoms with E-state index in [0.717, 1.165) is 32.4 Å². The summed E-state index contributed by atoms with van der Waals surface area (Å²) in [7, 11) is 0. The lowest BCUT2D eigenvalue weighted by atomic mass is 10.5. The van der Waals surface area contributed by atoms with Crippen LogP contribution in [-0.4, -0.2) is 42.3 Å². The van der Waals surface area contributed by atoms with Crippen molar-refractivity contribution in [3.05, 3.63) is 25.4 Å². The molecule has 0 atom stereocenters.